The fraction of sp³-hybridized carbons (Fsp3) is 0.571. The molecule has 1 aromatic heterocycles. The van der Waals surface area contributed by atoms with E-state index >= 15 is 0 Å². The molecule has 0 aliphatic heterocycles. The van der Waals surface area contributed by atoms with Crippen molar-refractivity contribution in [2.75, 3.05) is 0 Å². The van der Waals surface area contributed by atoms with Crippen LogP contribution >= 0.6 is 11.3 Å². The second-order valence-corrected chi connectivity index (χ2v) is 5.43. The van der Waals surface area contributed by atoms with E-state index in [-0.39, 0.29) is 0 Å². The maximum absolute atomic E-state index is 2.40. The second kappa shape index (κ2) is 6.12. The van der Waals surface area contributed by atoms with Crippen molar-refractivity contribution < 1.29 is 0 Å². The summed E-state index contributed by atoms with van der Waals surface area (Å²) in [5.74, 6) is 0.834. The van der Waals surface area contributed by atoms with Crippen LogP contribution in [0.5, 0.6) is 0 Å². The average Bonchev–Trinajstić information content (AvgIpc) is 2.53. The molecule has 0 fully saturated rings. The monoisotopic (exact) mass is 222 g/mol. The summed E-state index contributed by atoms with van der Waals surface area (Å²) in [5, 5.41) is 3.69. The van der Waals surface area contributed by atoms with E-state index in [0.717, 1.165) is 5.92 Å². The molecule has 0 bridgehead atoms. The first-order chi connectivity index (χ1) is 7.15. The van der Waals surface area contributed by atoms with Crippen molar-refractivity contribution in [2.45, 2.75) is 47.0 Å². The topological polar surface area (TPSA) is 0 Å². The first-order valence-electron chi connectivity index (χ1n) is 5.85. The molecule has 0 aromatic carbocycles. The van der Waals surface area contributed by atoms with Gasteiger partial charge in [0.15, 0.2) is 0 Å². The van der Waals surface area contributed by atoms with E-state index in [1.54, 1.807) is 0 Å². The summed E-state index contributed by atoms with van der Waals surface area (Å²) in [7, 11) is 0. The van der Waals surface area contributed by atoms with Gasteiger partial charge in [-0.3, -0.25) is 0 Å². The van der Waals surface area contributed by atoms with Gasteiger partial charge in [0, 0.05) is 4.53 Å². The van der Waals surface area contributed by atoms with Gasteiger partial charge in [-0.05, 0) is 48.8 Å². The highest BCUT2D eigenvalue weighted by atomic mass is 32.1. The molecular formula is C14H22S. The largest absolute Gasteiger partial charge is 0.144 e. The van der Waals surface area contributed by atoms with Gasteiger partial charge < -0.3 is 0 Å². The lowest BCUT2D eigenvalue weighted by atomic mass is 10.1. The fourth-order valence-corrected chi connectivity index (χ4v) is 2.81. The smallest absolute Gasteiger partial charge is 0.0302 e. The molecule has 1 heterocycles. The fourth-order valence-electron chi connectivity index (χ4n) is 1.76. The molecule has 0 amide bonds. The Kier molecular flexibility index (Phi) is 5.10. The molecule has 0 atom stereocenters. The van der Waals surface area contributed by atoms with E-state index < -0.39 is 0 Å². The summed E-state index contributed by atoms with van der Waals surface area (Å²) in [5.41, 5.74) is 1.41. The summed E-state index contributed by atoms with van der Waals surface area (Å²) in [4.78, 5) is 0. The van der Waals surface area contributed by atoms with Crippen molar-refractivity contribution in [3.8, 4) is 0 Å². The minimum atomic E-state index is 0.834. The zero-order valence-corrected chi connectivity index (χ0v) is 11.2. The molecule has 0 aliphatic rings. The average molecular weight is 222 g/mol. The second-order valence-electron chi connectivity index (χ2n) is 4.51. The van der Waals surface area contributed by atoms with E-state index in [0.29, 0.717) is 0 Å². The lowest BCUT2D eigenvalue weighted by Crippen LogP contribution is -2.19. The van der Waals surface area contributed by atoms with Gasteiger partial charge in [0.1, 0.15) is 0 Å². The highest BCUT2D eigenvalue weighted by Gasteiger charge is 1.94. The molecule has 1 rings (SSSR count). The summed E-state index contributed by atoms with van der Waals surface area (Å²) >= 11 is 1.87. The molecule has 0 radical (unpaired) electrons. The lowest BCUT2D eigenvalue weighted by molar-refractivity contribution is 0.564. The van der Waals surface area contributed by atoms with Crippen molar-refractivity contribution in [2.24, 2.45) is 5.92 Å². The van der Waals surface area contributed by atoms with Gasteiger partial charge in [0.05, 0.1) is 0 Å². The Morgan fingerprint density at radius 3 is 2.73 bits per heavy atom. The lowest BCUT2D eigenvalue weighted by Gasteiger charge is -2.00. The van der Waals surface area contributed by atoms with Crippen molar-refractivity contribution in [3.63, 3.8) is 0 Å². The Bertz CT molecular complexity index is 395. The van der Waals surface area contributed by atoms with Crippen molar-refractivity contribution in [1.82, 2.24) is 0 Å². The number of unbranched alkanes of at least 4 members (excludes halogenated alkanes) is 1. The van der Waals surface area contributed by atoms with Gasteiger partial charge in [-0.15, -0.1) is 11.3 Å². The minimum absolute atomic E-state index is 0.834. The molecule has 0 aliphatic carbocycles. The number of aryl methyl sites for hydroxylation is 1. The molecule has 1 heteroatoms. The van der Waals surface area contributed by atoms with E-state index in [4.69, 9.17) is 0 Å². The van der Waals surface area contributed by atoms with Crippen LogP contribution < -0.4 is 9.75 Å². The standard InChI is InChI=1S/C14H22S/c1-5-13-12(4)10-15-14(13)9-7-6-8-11(2)3/h5,9-11H,6-8H2,1-4H3/b13-5-,14-9+. The third kappa shape index (κ3) is 3.83. The zero-order chi connectivity index (χ0) is 11.3. The Balaban J connectivity index is 2.67. The molecular weight excluding hydrogens is 200 g/mol. The zero-order valence-electron chi connectivity index (χ0n) is 10.3. The molecule has 0 nitrogen and oxygen atoms in total. The van der Waals surface area contributed by atoms with E-state index in [2.05, 4.69) is 45.2 Å². The Morgan fingerprint density at radius 2 is 2.13 bits per heavy atom. The third-order valence-corrected chi connectivity index (χ3v) is 3.77. The molecule has 1 aromatic rings. The summed E-state index contributed by atoms with van der Waals surface area (Å²) in [6.45, 7) is 8.90. The SMILES string of the molecule is C/C=c1/c(C)cs/c1=C/CCCC(C)C. The molecule has 0 saturated carbocycles. The minimum Gasteiger partial charge on any atom is -0.144 e. The molecule has 15 heavy (non-hydrogen) atoms. The van der Waals surface area contributed by atoms with Crippen LogP contribution in [0.25, 0.3) is 12.2 Å². The summed E-state index contributed by atoms with van der Waals surface area (Å²) in [6, 6.07) is 0. The summed E-state index contributed by atoms with van der Waals surface area (Å²) in [6.07, 6.45) is 8.50. The van der Waals surface area contributed by atoms with Gasteiger partial charge in [-0.1, -0.05) is 32.4 Å². The van der Waals surface area contributed by atoms with Gasteiger partial charge >= 0.3 is 0 Å². The maximum Gasteiger partial charge on any atom is 0.0302 e. The van der Waals surface area contributed by atoms with Gasteiger partial charge in [-0.25, -0.2) is 0 Å². The van der Waals surface area contributed by atoms with Crippen molar-refractivity contribution >= 4 is 23.5 Å². The van der Waals surface area contributed by atoms with Crippen LogP contribution in [0.4, 0.5) is 0 Å². The molecule has 0 N–H and O–H groups in total. The Labute approximate surface area is 97.3 Å². The molecule has 0 unspecified atom stereocenters. The normalized spacial score (nSPS) is 14.2. The van der Waals surface area contributed by atoms with Crippen LogP contribution in [0.2, 0.25) is 0 Å². The molecule has 84 valence electrons. The van der Waals surface area contributed by atoms with Gasteiger partial charge in [0.2, 0.25) is 0 Å². The van der Waals surface area contributed by atoms with E-state index in [1.807, 2.05) is 11.3 Å². The Hall–Kier alpha value is -0.560. The number of hydrogen-bond donors (Lipinski definition) is 0. The number of hydrogen-bond acceptors (Lipinski definition) is 1. The van der Waals surface area contributed by atoms with Crippen LogP contribution in [0.15, 0.2) is 5.38 Å². The highest BCUT2D eigenvalue weighted by Crippen LogP contribution is 2.06. The molecule has 0 saturated heterocycles. The number of rotatable bonds is 4. The van der Waals surface area contributed by atoms with Crippen LogP contribution in [-0.4, -0.2) is 0 Å². The van der Waals surface area contributed by atoms with Gasteiger partial charge in [0.25, 0.3) is 0 Å². The maximum atomic E-state index is 2.40. The van der Waals surface area contributed by atoms with E-state index in [1.165, 1.54) is 34.6 Å². The van der Waals surface area contributed by atoms with E-state index in [9.17, 15) is 0 Å². The van der Waals surface area contributed by atoms with Crippen LogP contribution in [0.1, 0.15) is 45.6 Å². The first-order valence-corrected chi connectivity index (χ1v) is 6.73. The Morgan fingerprint density at radius 1 is 1.40 bits per heavy atom. The first kappa shape index (κ1) is 12.5. The predicted molar refractivity (Wildman–Crippen MR) is 71.6 cm³/mol. The van der Waals surface area contributed by atoms with Crippen LogP contribution in [0, 0.1) is 12.8 Å². The molecule has 0 spiro atoms. The third-order valence-electron chi connectivity index (χ3n) is 2.66. The predicted octanol–water partition coefficient (Wildman–Crippen LogP) is 3.46. The highest BCUT2D eigenvalue weighted by molar-refractivity contribution is 7.07. The quantitative estimate of drug-likeness (QED) is 0.684. The van der Waals surface area contributed by atoms with Crippen molar-refractivity contribution in [3.05, 3.63) is 20.7 Å². The van der Waals surface area contributed by atoms with Crippen molar-refractivity contribution in [1.29, 1.82) is 0 Å². The van der Waals surface area contributed by atoms with Crippen LogP contribution in [-0.2, 0) is 0 Å². The number of thiophene rings is 1. The van der Waals surface area contributed by atoms with Crippen LogP contribution in [0.3, 0.4) is 0 Å². The van der Waals surface area contributed by atoms with Gasteiger partial charge in [-0.2, -0.15) is 0 Å². The summed E-state index contributed by atoms with van der Waals surface area (Å²) < 4.78 is 1.46.